The Morgan fingerprint density at radius 1 is 1.54 bits per heavy atom. The van der Waals surface area contributed by atoms with Crippen molar-refractivity contribution in [1.29, 1.82) is 0 Å². The van der Waals surface area contributed by atoms with E-state index in [0.29, 0.717) is 20.8 Å². The highest BCUT2D eigenvalue weighted by Crippen LogP contribution is 2.32. The Labute approximate surface area is 90.0 Å². The molecule has 13 heavy (non-hydrogen) atoms. The lowest BCUT2D eigenvalue weighted by molar-refractivity contribution is 0.101. The number of methoxy groups -OCH3 is 1. The van der Waals surface area contributed by atoms with E-state index < -0.39 is 0 Å². The van der Waals surface area contributed by atoms with Crippen LogP contribution < -0.4 is 4.74 Å². The van der Waals surface area contributed by atoms with Crippen molar-refractivity contribution in [1.82, 2.24) is 0 Å². The second-order valence-corrected chi connectivity index (χ2v) is 3.76. The molecule has 0 unspecified atom stereocenters. The van der Waals surface area contributed by atoms with E-state index in [1.165, 1.54) is 14.0 Å². The number of halogens is 2. The fourth-order valence-corrected chi connectivity index (χ4v) is 1.85. The first-order valence-corrected chi connectivity index (χ1v) is 4.77. The molecule has 1 rings (SSSR count). The first-order valence-electron chi connectivity index (χ1n) is 3.60. The number of hydrogen-bond acceptors (Lipinski definition) is 2. The summed E-state index contributed by atoms with van der Waals surface area (Å²) in [5.41, 5.74) is 0.532. The normalized spacial score (nSPS) is 9.85. The van der Waals surface area contributed by atoms with E-state index in [1.54, 1.807) is 12.1 Å². The van der Waals surface area contributed by atoms with Gasteiger partial charge in [0.2, 0.25) is 0 Å². The topological polar surface area (TPSA) is 26.3 Å². The molecule has 0 aromatic heterocycles. The predicted molar refractivity (Wildman–Crippen MR) is 55.7 cm³/mol. The molecule has 1 aromatic carbocycles. The van der Waals surface area contributed by atoms with Gasteiger partial charge in [-0.05, 0) is 35.0 Å². The summed E-state index contributed by atoms with van der Waals surface area (Å²) in [6.07, 6.45) is 0. The van der Waals surface area contributed by atoms with Crippen LogP contribution in [0.4, 0.5) is 0 Å². The van der Waals surface area contributed by atoms with Gasteiger partial charge in [0.25, 0.3) is 0 Å². The van der Waals surface area contributed by atoms with E-state index in [1.807, 2.05) is 0 Å². The van der Waals surface area contributed by atoms with E-state index in [9.17, 15) is 4.79 Å². The summed E-state index contributed by atoms with van der Waals surface area (Å²) < 4.78 is 5.68. The van der Waals surface area contributed by atoms with E-state index in [4.69, 9.17) is 16.3 Å². The summed E-state index contributed by atoms with van der Waals surface area (Å²) in [5.74, 6) is 0.519. The maximum absolute atomic E-state index is 11.1. The highest BCUT2D eigenvalue weighted by atomic mass is 79.9. The highest BCUT2D eigenvalue weighted by Gasteiger charge is 2.11. The van der Waals surface area contributed by atoms with Gasteiger partial charge in [-0.2, -0.15) is 0 Å². The smallest absolute Gasteiger partial charge is 0.161 e. The lowest BCUT2D eigenvalue weighted by Gasteiger charge is -2.07. The molecule has 0 heterocycles. The van der Waals surface area contributed by atoms with Crippen molar-refractivity contribution < 1.29 is 9.53 Å². The maximum atomic E-state index is 11.1. The van der Waals surface area contributed by atoms with Gasteiger partial charge in [-0.3, -0.25) is 4.79 Å². The molecule has 1 aromatic rings. The summed E-state index contributed by atoms with van der Waals surface area (Å²) in [5, 5.41) is 0.491. The highest BCUT2D eigenvalue weighted by molar-refractivity contribution is 9.10. The Kier molecular flexibility index (Phi) is 3.33. The van der Waals surface area contributed by atoms with E-state index in [0.717, 1.165) is 0 Å². The second-order valence-electron chi connectivity index (χ2n) is 2.53. The SMILES string of the molecule is COc1cc(Cl)cc(C(C)=O)c1Br. The first kappa shape index (κ1) is 10.5. The van der Waals surface area contributed by atoms with E-state index in [-0.39, 0.29) is 5.78 Å². The van der Waals surface area contributed by atoms with Gasteiger partial charge < -0.3 is 4.74 Å². The van der Waals surface area contributed by atoms with Crippen molar-refractivity contribution in [3.05, 3.63) is 27.2 Å². The standard InChI is InChI=1S/C9H8BrClO2/c1-5(12)7-3-6(11)4-8(13-2)9(7)10/h3-4H,1-2H3. The average Bonchev–Trinajstić information content (AvgIpc) is 2.08. The van der Waals surface area contributed by atoms with Crippen LogP contribution in [-0.4, -0.2) is 12.9 Å². The molecule has 0 fully saturated rings. The van der Waals surface area contributed by atoms with Gasteiger partial charge in [0.1, 0.15) is 5.75 Å². The molecule has 0 aliphatic rings. The third-order valence-electron chi connectivity index (χ3n) is 1.60. The van der Waals surface area contributed by atoms with Crippen molar-refractivity contribution in [2.45, 2.75) is 6.92 Å². The van der Waals surface area contributed by atoms with Crippen LogP contribution in [0.3, 0.4) is 0 Å². The van der Waals surface area contributed by atoms with Crippen LogP contribution in [0.25, 0.3) is 0 Å². The molecule has 0 saturated heterocycles. The van der Waals surface area contributed by atoms with Crippen LogP contribution in [0.2, 0.25) is 5.02 Å². The lowest BCUT2D eigenvalue weighted by Crippen LogP contribution is -1.96. The summed E-state index contributed by atoms with van der Waals surface area (Å²) in [6, 6.07) is 3.26. The van der Waals surface area contributed by atoms with Crippen molar-refractivity contribution >= 4 is 33.3 Å². The Morgan fingerprint density at radius 3 is 2.62 bits per heavy atom. The van der Waals surface area contributed by atoms with Gasteiger partial charge in [-0.1, -0.05) is 11.6 Å². The monoisotopic (exact) mass is 262 g/mol. The molecule has 0 saturated carbocycles. The molecule has 0 radical (unpaired) electrons. The fourth-order valence-electron chi connectivity index (χ4n) is 0.969. The van der Waals surface area contributed by atoms with Gasteiger partial charge >= 0.3 is 0 Å². The molecule has 0 atom stereocenters. The molecule has 2 nitrogen and oxygen atoms in total. The molecular formula is C9H8BrClO2. The zero-order valence-electron chi connectivity index (χ0n) is 7.23. The number of hydrogen-bond donors (Lipinski definition) is 0. The van der Waals surface area contributed by atoms with Crippen molar-refractivity contribution in [3.63, 3.8) is 0 Å². The number of carbonyl (C=O) groups excluding carboxylic acids is 1. The molecule has 4 heteroatoms. The van der Waals surface area contributed by atoms with Crippen LogP contribution in [0.1, 0.15) is 17.3 Å². The molecule has 70 valence electrons. The summed E-state index contributed by atoms with van der Waals surface area (Å²) >= 11 is 9.06. The Balaban J connectivity index is 3.35. The van der Waals surface area contributed by atoms with Gasteiger partial charge in [0.15, 0.2) is 5.78 Å². The molecule has 0 amide bonds. The zero-order valence-corrected chi connectivity index (χ0v) is 9.57. The largest absolute Gasteiger partial charge is 0.495 e. The van der Waals surface area contributed by atoms with Crippen LogP contribution in [0.15, 0.2) is 16.6 Å². The summed E-state index contributed by atoms with van der Waals surface area (Å²) in [7, 11) is 1.53. The Morgan fingerprint density at radius 2 is 2.15 bits per heavy atom. The van der Waals surface area contributed by atoms with Gasteiger partial charge in [0.05, 0.1) is 11.6 Å². The molecule has 0 bridgehead atoms. The number of rotatable bonds is 2. The van der Waals surface area contributed by atoms with Crippen LogP contribution in [0, 0.1) is 0 Å². The van der Waals surface area contributed by atoms with E-state index in [2.05, 4.69) is 15.9 Å². The Hall–Kier alpha value is -0.540. The summed E-state index contributed by atoms with van der Waals surface area (Å²) in [4.78, 5) is 11.1. The number of benzene rings is 1. The fraction of sp³-hybridized carbons (Fsp3) is 0.222. The minimum Gasteiger partial charge on any atom is -0.495 e. The minimum atomic E-state index is -0.0484. The second kappa shape index (κ2) is 4.11. The molecule has 0 aliphatic carbocycles. The average molecular weight is 264 g/mol. The molecular weight excluding hydrogens is 255 g/mol. The van der Waals surface area contributed by atoms with Crippen LogP contribution in [0.5, 0.6) is 5.75 Å². The van der Waals surface area contributed by atoms with Gasteiger partial charge in [-0.25, -0.2) is 0 Å². The van der Waals surface area contributed by atoms with Gasteiger partial charge in [-0.15, -0.1) is 0 Å². The quantitative estimate of drug-likeness (QED) is 0.765. The third kappa shape index (κ3) is 2.23. The molecule has 0 spiro atoms. The molecule has 0 N–H and O–H groups in total. The minimum absolute atomic E-state index is 0.0484. The van der Waals surface area contributed by atoms with Crippen molar-refractivity contribution in [3.8, 4) is 5.75 Å². The number of Topliss-reactive ketones (excluding diaryl/α,β-unsaturated/α-hetero) is 1. The third-order valence-corrected chi connectivity index (χ3v) is 2.64. The van der Waals surface area contributed by atoms with Crippen molar-refractivity contribution in [2.24, 2.45) is 0 Å². The number of ether oxygens (including phenoxy) is 1. The number of carbonyl (C=O) groups is 1. The van der Waals surface area contributed by atoms with Crippen LogP contribution >= 0.6 is 27.5 Å². The molecule has 0 aliphatic heterocycles. The van der Waals surface area contributed by atoms with Crippen molar-refractivity contribution in [2.75, 3.05) is 7.11 Å². The zero-order chi connectivity index (χ0) is 10.0. The summed E-state index contributed by atoms with van der Waals surface area (Å²) in [6.45, 7) is 1.48. The van der Waals surface area contributed by atoms with Crippen LogP contribution in [-0.2, 0) is 0 Å². The lowest BCUT2D eigenvalue weighted by atomic mass is 10.1. The predicted octanol–water partition coefficient (Wildman–Crippen LogP) is 3.31. The van der Waals surface area contributed by atoms with Gasteiger partial charge in [0, 0.05) is 10.6 Å². The first-order chi connectivity index (χ1) is 6.06. The number of ketones is 1. The Bertz CT molecular complexity index is 350. The van der Waals surface area contributed by atoms with E-state index >= 15 is 0 Å². The maximum Gasteiger partial charge on any atom is 0.161 e.